The Morgan fingerprint density at radius 1 is 1.23 bits per heavy atom. The Balaban J connectivity index is 1.83. The van der Waals surface area contributed by atoms with Gasteiger partial charge in [0.05, 0.1) is 0 Å². The summed E-state index contributed by atoms with van der Waals surface area (Å²) < 4.78 is 0. The van der Waals surface area contributed by atoms with Crippen LogP contribution in [0.15, 0.2) is 18.2 Å². The molecule has 1 aromatic rings. The molecule has 1 N–H and O–H groups in total. The van der Waals surface area contributed by atoms with Crippen LogP contribution in [-0.2, 0) is 9.59 Å². The van der Waals surface area contributed by atoms with Gasteiger partial charge in [-0.2, -0.15) is 0 Å². The summed E-state index contributed by atoms with van der Waals surface area (Å²) >= 11 is 5.97. The summed E-state index contributed by atoms with van der Waals surface area (Å²) in [5.41, 5.74) is 0.989. The van der Waals surface area contributed by atoms with Gasteiger partial charge in [0.2, 0.25) is 5.91 Å². The van der Waals surface area contributed by atoms with E-state index in [4.69, 9.17) is 11.6 Å². The predicted octanol–water partition coefficient (Wildman–Crippen LogP) is 2.58. The molecule has 2 saturated heterocycles. The largest absolute Gasteiger partial charge is 0.480 e. The topological polar surface area (TPSA) is 77.9 Å². The van der Waals surface area contributed by atoms with Crippen molar-refractivity contribution >= 4 is 29.4 Å². The molecule has 6 nitrogen and oxygen atoms in total. The zero-order valence-electron chi connectivity index (χ0n) is 15.0. The number of carbonyl (C=O) groups excluding carboxylic acids is 2. The molecule has 7 heteroatoms. The van der Waals surface area contributed by atoms with Crippen molar-refractivity contribution in [3.63, 3.8) is 0 Å². The van der Waals surface area contributed by atoms with Gasteiger partial charge in [0, 0.05) is 37.1 Å². The van der Waals surface area contributed by atoms with Crippen LogP contribution in [0.4, 0.5) is 0 Å². The molecule has 1 atom stereocenters. The highest BCUT2D eigenvalue weighted by molar-refractivity contribution is 6.30. The number of benzene rings is 1. The molecule has 2 aliphatic heterocycles. The SMILES string of the molecule is CC(=O)N1CCC2(CC1)C[C@H](C(=O)O)N(C(=O)c1ccc(Cl)cc1C)C2. The number of carboxylic acids is 1. The van der Waals surface area contributed by atoms with E-state index in [0.29, 0.717) is 36.6 Å². The van der Waals surface area contributed by atoms with Gasteiger partial charge < -0.3 is 14.9 Å². The number of piperidine rings is 1. The van der Waals surface area contributed by atoms with Crippen LogP contribution in [0.25, 0.3) is 0 Å². The highest BCUT2D eigenvalue weighted by atomic mass is 35.5. The molecular weight excluding hydrogens is 356 g/mol. The summed E-state index contributed by atoms with van der Waals surface area (Å²) in [4.78, 5) is 39.7. The molecule has 3 rings (SSSR count). The number of aryl methyl sites for hydroxylation is 1. The van der Waals surface area contributed by atoms with Gasteiger partial charge in [-0.3, -0.25) is 9.59 Å². The summed E-state index contributed by atoms with van der Waals surface area (Å²) in [6.07, 6.45) is 1.88. The second kappa shape index (κ2) is 6.91. The average molecular weight is 379 g/mol. The number of carbonyl (C=O) groups is 3. The first-order chi connectivity index (χ1) is 12.2. The van der Waals surface area contributed by atoms with Crippen molar-refractivity contribution < 1.29 is 19.5 Å². The number of carboxylic acid groups (broad SMARTS) is 1. The van der Waals surface area contributed by atoms with E-state index >= 15 is 0 Å². The lowest BCUT2D eigenvalue weighted by molar-refractivity contribution is -0.141. The maximum absolute atomic E-state index is 13.0. The summed E-state index contributed by atoms with van der Waals surface area (Å²) in [6, 6.07) is 4.18. The number of likely N-dealkylation sites (tertiary alicyclic amines) is 2. The van der Waals surface area contributed by atoms with Crippen molar-refractivity contribution in [2.75, 3.05) is 19.6 Å². The zero-order valence-corrected chi connectivity index (χ0v) is 15.8. The van der Waals surface area contributed by atoms with Crippen LogP contribution in [0, 0.1) is 12.3 Å². The van der Waals surface area contributed by atoms with Crippen molar-refractivity contribution in [2.24, 2.45) is 5.41 Å². The first-order valence-electron chi connectivity index (χ1n) is 8.78. The standard InChI is InChI=1S/C19H23ClN2O4/c1-12-9-14(20)3-4-15(12)17(24)22-11-19(10-16(22)18(25)26)5-7-21(8-6-19)13(2)23/h3-4,9,16H,5-8,10-11H2,1-2H3,(H,25,26)/t16-/m1/s1. The quantitative estimate of drug-likeness (QED) is 0.857. The molecule has 2 fully saturated rings. The van der Waals surface area contributed by atoms with Crippen LogP contribution in [-0.4, -0.2) is 58.4 Å². The zero-order chi connectivity index (χ0) is 19.1. The van der Waals surface area contributed by atoms with E-state index in [9.17, 15) is 19.5 Å². The van der Waals surface area contributed by atoms with Crippen molar-refractivity contribution in [1.82, 2.24) is 9.80 Å². The van der Waals surface area contributed by atoms with Crippen LogP contribution in [0.2, 0.25) is 5.02 Å². The van der Waals surface area contributed by atoms with Crippen LogP contribution in [0.5, 0.6) is 0 Å². The molecule has 26 heavy (non-hydrogen) atoms. The smallest absolute Gasteiger partial charge is 0.326 e. The number of halogens is 1. The Labute approximate surface area is 157 Å². The fourth-order valence-electron chi connectivity index (χ4n) is 4.17. The van der Waals surface area contributed by atoms with Crippen molar-refractivity contribution in [3.8, 4) is 0 Å². The fraction of sp³-hybridized carbons (Fsp3) is 0.526. The van der Waals surface area contributed by atoms with E-state index in [0.717, 1.165) is 18.4 Å². The third-order valence-electron chi connectivity index (χ3n) is 5.74. The van der Waals surface area contributed by atoms with Crippen LogP contribution in [0.3, 0.4) is 0 Å². The summed E-state index contributed by atoms with van der Waals surface area (Å²) in [7, 11) is 0. The van der Waals surface area contributed by atoms with Crippen LogP contribution in [0.1, 0.15) is 42.1 Å². The Kier molecular flexibility index (Phi) is 4.97. The molecular formula is C19H23ClN2O4. The maximum atomic E-state index is 13.0. The highest BCUT2D eigenvalue weighted by Gasteiger charge is 2.50. The van der Waals surface area contributed by atoms with Crippen molar-refractivity contribution in [3.05, 3.63) is 34.3 Å². The molecule has 0 aliphatic carbocycles. The number of hydrogen-bond donors (Lipinski definition) is 1. The monoisotopic (exact) mass is 378 g/mol. The molecule has 1 aromatic carbocycles. The van der Waals surface area contributed by atoms with E-state index in [1.54, 1.807) is 36.9 Å². The second-order valence-electron chi connectivity index (χ2n) is 7.46. The Morgan fingerprint density at radius 3 is 2.42 bits per heavy atom. The predicted molar refractivity (Wildman–Crippen MR) is 97.2 cm³/mol. The van der Waals surface area contributed by atoms with Gasteiger partial charge in [0.25, 0.3) is 5.91 Å². The summed E-state index contributed by atoms with van der Waals surface area (Å²) in [5.74, 6) is -1.20. The summed E-state index contributed by atoms with van der Waals surface area (Å²) in [6.45, 7) is 4.99. The Bertz CT molecular complexity index is 756. The lowest BCUT2D eigenvalue weighted by Crippen LogP contribution is -2.44. The molecule has 2 heterocycles. The minimum absolute atomic E-state index is 0.0392. The Hall–Kier alpha value is -2.08. The van der Waals surface area contributed by atoms with Gasteiger partial charge in [0.15, 0.2) is 0 Å². The fourth-order valence-corrected chi connectivity index (χ4v) is 4.40. The van der Waals surface area contributed by atoms with Gasteiger partial charge in [0.1, 0.15) is 6.04 Å². The van der Waals surface area contributed by atoms with E-state index in [1.807, 2.05) is 0 Å². The number of aliphatic carboxylic acids is 1. The van der Waals surface area contributed by atoms with Crippen LogP contribution < -0.4 is 0 Å². The van der Waals surface area contributed by atoms with E-state index < -0.39 is 12.0 Å². The molecule has 0 saturated carbocycles. The molecule has 2 amide bonds. The van der Waals surface area contributed by atoms with Gasteiger partial charge in [-0.15, -0.1) is 0 Å². The third-order valence-corrected chi connectivity index (χ3v) is 5.98. The first-order valence-corrected chi connectivity index (χ1v) is 9.16. The normalized spacial score (nSPS) is 21.9. The van der Waals surface area contributed by atoms with Gasteiger partial charge in [-0.25, -0.2) is 4.79 Å². The number of hydrogen-bond acceptors (Lipinski definition) is 3. The average Bonchev–Trinajstić information content (AvgIpc) is 2.94. The highest BCUT2D eigenvalue weighted by Crippen LogP contribution is 2.44. The maximum Gasteiger partial charge on any atom is 0.326 e. The molecule has 0 unspecified atom stereocenters. The molecule has 0 aromatic heterocycles. The molecule has 0 bridgehead atoms. The third kappa shape index (κ3) is 3.43. The molecule has 140 valence electrons. The van der Waals surface area contributed by atoms with Gasteiger partial charge in [-0.05, 0) is 55.4 Å². The first kappa shape index (κ1) is 18.7. The van der Waals surface area contributed by atoms with Crippen molar-refractivity contribution in [2.45, 2.75) is 39.2 Å². The van der Waals surface area contributed by atoms with Gasteiger partial charge >= 0.3 is 5.97 Å². The van der Waals surface area contributed by atoms with Crippen molar-refractivity contribution in [1.29, 1.82) is 0 Å². The number of rotatable bonds is 2. The van der Waals surface area contributed by atoms with E-state index in [1.165, 1.54) is 4.90 Å². The molecule has 0 radical (unpaired) electrons. The van der Waals surface area contributed by atoms with E-state index in [-0.39, 0.29) is 17.2 Å². The molecule has 2 aliphatic rings. The Morgan fingerprint density at radius 2 is 1.88 bits per heavy atom. The second-order valence-corrected chi connectivity index (χ2v) is 7.89. The minimum atomic E-state index is -0.976. The summed E-state index contributed by atoms with van der Waals surface area (Å²) in [5, 5.41) is 10.2. The lowest BCUT2D eigenvalue weighted by atomic mass is 9.76. The van der Waals surface area contributed by atoms with Gasteiger partial charge in [-0.1, -0.05) is 11.6 Å². The minimum Gasteiger partial charge on any atom is -0.480 e. The lowest BCUT2D eigenvalue weighted by Gasteiger charge is -2.38. The van der Waals surface area contributed by atoms with Crippen LogP contribution >= 0.6 is 11.6 Å². The number of amides is 2. The number of nitrogens with zero attached hydrogens (tertiary/aromatic N) is 2. The van der Waals surface area contributed by atoms with E-state index in [2.05, 4.69) is 0 Å². The molecule has 1 spiro atoms.